The molecular weight excluding hydrogens is 254 g/mol. The molecule has 1 heterocycles. The zero-order valence-corrected chi connectivity index (χ0v) is 12.3. The molecule has 0 spiro atoms. The Morgan fingerprint density at radius 2 is 1.85 bits per heavy atom. The second kappa shape index (κ2) is 7.17. The molecule has 0 radical (unpaired) electrons. The van der Waals surface area contributed by atoms with Crippen molar-refractivity contribution in [2.24, 2.45) is 0 Å². The zero-order valence-electron chi connectivity index (χ0n) is 12.3. The van der Waals surface area contributed by atoms with E-state index in [1.54, 1.807) is 13.8 Å². The average molecular weight is 277 g/mol. The molecule has 0 amide bonds. The van der Waals surface area contributed by atoms with Crippen LogP contribution in [0, 0.1) is 0 Å². The lowest BCUT2D eigenvalue weighted by Crippen LogP contribution is -2.29. The molecule has 0 aliphatic carbocycles. The third-order valence-corrected chi connectivity index (χ3v) is 3.49. The van der Waals surface area contributed by atoms with Gasteiger partial charge in [-0.15, -0.1) is 0 Å². The minimum Gasteiger partial charge on any atom is -0.479 e. The molecule has 1 atom stereocenters. The molecule has 4 heteroatoms. The van der Waals surface area contributed by atoms with Gasteiger partial charge in [-0.05, 0) is 57.4 Å². The molecule has 1 aliphatic rings. The Balaban J connectivity index is 1.92. The van der Waals surface area contributed by atoms with Crippen molar-refractivity contribution in [3.05, 3.63) is 24.3 Å². The first-order valence-electron chi connectivity index (χ1n) is 7.39. The Labute approximate surface area is 120 Å². The van der Waals surface area contributed by atoms with Crippen molar-refractivity contribution in [3.63, 3.8) is 0 Å². The summed E-state index contributed by atoms with van der Waals surface area (Å²) < 4.78 is 10.5. The molecule has 110 valence electrons. The number of rotatable bonds is 5. The number of esters is 1. The van der Waals surface area contributed by atoms with Gasteiger partial charge in [-0.25, -0.2) is 4.79 Å². The first-order chi connectivity index (χ1) is 9.70. The zero-order chi connectivity index (χ0) is 14.4. The third kappa shape index (κ3) is 3.89. The van der Waals surface area contributed by atoms with Gasteiger partial charge >= 0.3 is 5.97 Å². The normalized spacial score (nSPS) is 16.6. The molecular formula is C16H23NO3. The molecule has 1 unspecified atom stereocenters. The molecule has 0 aromatic heterocycles. The predicted octanol–water partition coefficient (Wildman–Crippen LogP) is 3.01. The van der Waals surface area contributed by atoms with Crippen molar-refractivity contribution in [1.29, 1.82) is 0 Å². The Kier molecular flexibility index (Phi) is 5.27. The highest BCUT2D eigenvalue weighted by molar-refractivity contribution is 5.74. The van der Waals surface area contributed by atoms with Crippen LogP contribution in [0.5, 0.6) is 5.75 Å². The fourth-order valence-electron chi connectivity index (χ4n) is 2.40. The Morgan fingerprint density at radius 3 is 2.45 bits per heavy atom. The minimum atomic E-state index is -0.573. The second-order valence-electron chi connectivity index (χ2n) is 5.05. The van der Waals surface area contributed by atoms with Gasteiger partial charge in [0.05, 0.1) is 6.61 Å². The maximum absolute atomic E-state index is 11.5. The largest absolute Gasteiger partial charge is 0.479 e. The number of anilines is 1. The van der Waals surface area contributed by atoms with Crippen molar-refractivity contribution in [3.8, 4) is 5.75 Å². The lowest BCUT2D eigenvalue weighted by molar-refractivity contribution is -0.150. The molecule has 1 saturated heterocycles. The van der Waals surface area contributed by atoms with Crippen molar-refractivity contribution in [2.45, 2.75) is 39.2 Å². The average Bonchev–Trinajstić information content (AvgIpc) is 2.49. The molecule has 0 saturated carbocycles. The summed E-state index contributed by atoms with van der Waals surface area (Å²) in [4.78, 5) is 13.9. The lowest BCUT2D eigenvalue weighted by Gasteiger charge is -2.28. The predicted molar refractivity (Wildman–Crippen MR) is 79.2 cm³/mol. The van der Waals surface area contributed by atoms with Crippen LogP contribution in [0.25, 0.3) is 0 Å². The maximum Gasteiger partial charge on any atom is 0.347 e. The molecule has 1 aromatic carbocycles. The summed E-state index contributed by atoms with van der Waals surface area (Å²) in [5.41, 5.74) is 1.22. The van der Waals surface area contributed by atoms with Crippen LogP contribution in [0.15, 0.2) is 24.3 Å². The third-order valence-electron chi connectivity index (χ3n) is 3.49. The van der Waals surface area contributed by atoms with Gasteiger partial charge in [-0.1, -0.05) is 0 Å². The fraction of sp³-hybridized carbons (Fsp3) is 0.562. The van der Waals surface area contributed by atoms with Crippen LogP contribution >= 0.6 is 0 Å². The summed E-state index contributed by atoms with van der Waals surface area (Å²) in [6.07, 6.45) is 3.28. The maximum atomic E-state index is 11.5. The number of ether oxygens (including phenoxy) is 2. The SMILES string of the molecule is CCOC(=O)C(C)Oc1ccc(N2CCCCC2)cc1. The summed E-state index contributed by atoms with van der Waals surface area (Å²) in [6.45, 7) is 6.12. The van der Waals surface area contributed by atoms with E-state index in [0.29, 0.717) is 12.4 Å². The van der Waals surface area contributed by atoms with Crippen molar-refractivity contribution in [1.82, 2.24) is 0 Å². The molecule has 1 fully saturated rings. The Hall–Kier alpha value is -1.71. The molecule has 4 nitrogen and oxygen atoms in total. The van der Waals surface area contributed by atoms with Crippen molar-refractivity contribution >= 4 is 11.7 Å². The van der Waals surface area contributed by atoms with Crippen LogP contribution < -0.4 is 9.64 Å². The van der Waals surface area contributed by atoms with Crippen LogP contribution in [0.4, 0.5) is 5.69 Å². The van der Waals surface area contributed by atoms with Crippen LogP contribution in [0.1, 0.15) is 33.1 Å². The van der Waals surface area contributed by atoms with Gasteiger partial charge in [0.15, 0.2) is 6.10 Å². The van der Waals surface area contributed by atoms with Gasteiger partial charge in [0, 0.05) is 18.8 Å². The first kappa shape index (κ1) is 14.7. The van der Waals surface area contributed by atoms with Crippen LogP contribution in [0.2, 0.25) is 0 Å². The van der Waals surface area contributed by atoms with E-state index in [1.807, 2.05) is 12.1 Å². The second-order valence-corrected chi connectivity index (χ2v) is 5.05. The summed E-state index contributed by atoms with van der Waals surface area (Å²) >= 11 is 0. The number of piperidine rings is 1. The fourth-order valence-corrected chi connectivity index (χ4v) is 2.40. The van der Waals surface area contributed by atoms with E-state index in [1.165, 1.54) is 24.9 Å². The number of carbonyl (C=O) groups excluding carboxylic acids is 1. The van der Waals surface area contributed by atoms with Gasteiger partial charge in [0.25, 0.3) is 0 Å². The Morgan fingerprint density at radius 1 is 1.20 bits per heavy atom. The Bertz CT molecular complexity index is 424. The van der Waals surface area contributed by atoms with E-state index in [9.17, 15) is 4.79 Å². The highest BCUT2D eigenvalue weighted by Gasteiger charge is 2.16. The van der Waals surface area contributed by atoms with Gasteiger partial charge in [-0.2, -0.15) is 0 Å². The summed E-state index contributed by atoms with van der Waals surface area (Å²) in [6, 6.07) is 7.94. The standard InChI is InChI=1S/C16H23NO3/c1-3-19-16(18)13(2)20-15-9-7-14(8-10-15)17-11-5-4-6-12-17/h7-10,13H,3-6,11-12H2,1-2H3. The van der Waals surface area contributed by atoms with Gasteiger partial charge in [0.2, 0.25) is 0 Å². The van der Waals surface area contributed by atoms with Crippen molar-refractivity contribution in [2.75, 3.05) is 24.6 Å². The highest BCUT2D eigenvalue weighted by atomic mass is 16.6. The van der Waals surface area contributed by atoms with E-state index in [-0.39, 0.29) is 5.97 Å². The molecule has 20 heavy (non-hydrogen) atoms. The topological polar surface area (TPSA) is 38.8 Å². The van der Waals surface area contributed by atoms with E-state index in [4.69, 9.17) is 9.47 Å². The monoisotopic (exact) mass is 277 g/mol. The number of hydrogen-bond acceptors (Lipinski definition) is 4. The molecule has 0 N–H and O–H groups in total. The number of carbonyl (C=O) groups is 1. The molecule has 2 rings (SSSR count). The summed E-state index contributed by atoms with van der Waals surface area (Å²) in [5, 5.41) is 0. The van der Waals surface area contributed by atoms with Crippen molar-refractivity contribution < 1.29 is 14.3 Å². The van der Waals surface area contributed by atoms with E-state index >= 15 is 0 Å². The smallest absolute Gasteiger partial charge is 0.347 e. The quantitative estimate of drug-likeness (QED) is 0.776. The van der Waals surface area contributed by atoms with Crippen LogP contribution in [0.3, 0.4) is 0 Å². The van der Waals surface area contributed by atoms with E-state index < -0.39 is 6.10 Å². The van der Waals surface area contributed by atoms with Gasteiger partial charge < -0.3 is 14.4 Å². The van der Waals surface area contributed by atoms with E-state index in [2.05, 4.69) is 17.0 Å². The van der Waals surface area contributed by atoms with Gasteiger partial charge in [0.1, 0.15) is 5.75 Å². The minimum absolute atomic E-state index is 0.326. The van der Waals surface area contributed by atoms with Gasteiger partial charge in [-0.3, -0.25) is 0 Å². The molecule has 0 bridgehead atoms. The summed E-state index contributed by atoms with van der Waals surface area (Å²) in [7, 11) is 0. The number of hydrogen-bond donors (Lipinski definition) is 0. The first-order valence-corrected chi connectivity index (χ1v) is 7.39. The lowest BCUT2D eigenvalue weighted by atomic mass is 10.1. The van der Waals surface area contributed by atoms with E-state index in [0.717, 1.165) is 13.1 Å². The summed E-state index contributed by atoms with van der Waals surface area (Å²) in [5.74, 6) is 0.374. The number of benzene rings is 1. The number of nitrogens with zero attached hydrogens (tertiary/aromatic N) is 1. The van der Waals surface area contributed by atoms with Crippen LogP contribution in [-0.2, 0) is 9.53 Å². The highest BCUT2D eigenvalue weighted by Crippen LogP contribution is 2.23. The molecule has 1 aromatic rings. The molecule has 1 aliphatic heterocycles. The van der Waals surface area contributed by atoms with Crippen LogP contribution in [-0.4, -0.2) is 31.8 Å².